The first-order valence-corrected chi connectivity index (χ1v) is 10.2. The van der Waals surface area contributed by atoms with Gasteiger partial charge in [-0.3, -0.25) is 0 Å². The van der Waals surface area contributed by atoms with Gasteiger partial charge >= 0.3 is 0 Å². The molecule has 0 aliphatic carbocycles. The monoisotopic (exact) mass is 480 g/mol. The molecule has 5 unspecified atom stereocenters. The van der Waals surface area contributed by atoms with Crippen LogP contribution in [0.15, 0.2) is 5.11 Å². The molecule has 5 nitrogen and oxygen atoms in total. The van der Waals surface area contributed by atoms with Gasteiger partial charge in [0.25, 0.3) is 5.92 Å². The summed E-state index contributed by atoms with van der Waals surface area (Å²) in [5.41, 5.74) is 8.57. The van der Waals surface area contributed by atoms with Crippen molar-refractivity contribution in [3.63, 3.8) is 0 Å². The van der Waals surface area contributed by atoms with Gasteiger partial charge in [0.05, 0.1) is 37.2 Å². The molecule has 1 aliphatic rings. The lowest BCUT2D eigenvalue weighted by atomic mass is 9.68. The van der Waals surface area contributed by atoms with Crippen LogP contribution in [0.4, 0.5) is 8.78 Å². The second-order valence-electron chi connectivity index (χ2n) is 5.77. The SMILES string of the molecule is N#CCC1OC(CN=[N+]=[N-])C(CCBr)C(CCCl)C1C(F)(F)C(Cl)Cl. The fraction of sp³-hybridized carbons (Fsp3) is 0.929. The molecule has 0 aromatic heterocycles. The summed E-state index contributed by atoms with van der Waals surface area (Å²) in [4.78, 5) is 0.782. The Morgan fingerprint density at radius 2 is 2.00 bits per heavy atom. The molecule has 1 heterocycles. The minimum atomic E-state index is -3.45. The zero-order valence-electron chi connectivity index (χ0n) is 13.2. The van der Waals surface area contributed by atoms with Gasteiger partial charge in [0, 0.05) is 16.1 Å². The van der Waals surface area contributed by atoms with Crippen molar-refractivity contribution in [2.45, 2.75) is 42.2 Å². The van der Waals surface area contributed by atoms with Gasteiger partial charge in [-0.2, -0.15) is 5.26 Å². The molecule has 0 N–H and O–H groups in total. The third kappa shape index (κ3) is 5.72. The van der Waals surface area contributed by atoms with Crippen molar-refractivity contribution in [2.75, 3.05) is 17.8 Å². The van der Waals surface area contributed by atoms with E-state index in [1.54, 1.807) is 0 Å². The van der Waals surface area contributed by atoms with Crippen molar-refractivity contribution >= 4 is 50.7 Å². The lowest BCUT2D eigenvalue weighted by molar-refractivity contribution is -0.208. The van der Waals surface area contributed by atoms with Gasteiger partial charge in [-0.1, -0.05) is 44.2 Å². The largest absolute Gasteiger partial charge is 0.373 e. The first kappa shape index (κ1) is 23.0. The van der Waals surface area contributed by atoms with Crippen LogP contribution in [0.25, 0.3) is 10.4 Å². The Kier molecular flexibility index (Phi) is 10.1. The summed E-state index contributed by atoms with van der Waals surface area (Å²) in [7, 11) is 0. The molecule has 0 saturated carbocycles. The van der Waals surface area contributed by atoms with Crippen molar-refractivity contribution in [3.8, 4) is 6.07 Å². The Morgan fingerprint density at radius 1 is 1.32 bits per heavy atom. The molecular weight excluding hydrogens is 464 g/mol. The summed E-state index contributed by atoms with van der Waals surface area (Å²) in [5, 5.41) is 13.1. The van der Waals surface area contributed by atoms with E-state index in [4.69, 9.17) is 50.3 Å². The number of nitrogens with zero attached hydrogens (tertiary/aromatic N) is 4. The predicted octanol–water partition coefficient (Wildman–Crippen LogP) is 5.68. The Bertz CT molecular complexity index is 517. The van der Waals surface area contributed by atoms with E-state index in [-0.39, 0.29) is 31.2 Å². The van der Waals surface area contributed by atoms with E-state index in [2.05, 4.69) is 26.0 Å². The molecule has 0 spiro atoms. The number of ether oxygens (including phenoxy) is 1. The van der Waals surface area contributed by atoms with E-state index >= 15 is 0 Å². The van der Waals surface area contributed by atoms with Crippen LogP contribution in [0, 0.1) is 29.1 Å². The zero-order valence-corrected chi connectivity index (χ0v) is 17.0. The summed E-state index contributed by atoms with van der Waals surface area (Å²) >= 11 is 20.3. The first-order chi connectivity index (χ1) is 11.8. The molecule has 0 aromatic carbocycles. The van der Waals surface area contributed by atoms with Crippen molar-refractivity contribution in [2.24, 2.45) is 22.9 Å². The smallest absolute Gasteiger partial charge is 0.283 e. The van der Waals surface area contributed by atoms with Gasteiger partial charge in [-0.25, -0.2) is 8.78 Å². The van der Waals surface area contributed by atoms with Gasteiger partial charge in [0.2, 0.25) is 0 Å². The van der Waals surface area contributed by atoms with E-state index in [0.29, 0.717) is 11.8 Å². The van der Waals surface area contributed by atoms with Crippen LogP contribution in [-0.2, 0) is 4.74 Å². The molecule has 1 fully saturated rings. The Morgan fingerprint density at radius 3 is 2.48 bits per heavy atom. The maximum absolute atomic E-state index is 14.8. The van der Waals surface area contributed by atoms with Crippen LogP contribution in [0.1, 0.15) is 19.3 Å². The molecule has 0 amide bonds. The topological polar surface area (TPSA) is 81.8 Å². The summed E-state index contributed by atoms with van der Waals surface area (Å²) < 4.78 is 35.3. The number of azide groups is 1. The maximum atomic E-state index is 14.8. The van der Waals surface area contributed by atoms with Crippen molar-refractivity contribution in [1.82, 2.24) is 0 Å². The molecular formula is C14H18BrCl3F2N4O. The molecule has 11 heteroatoms. The van der Waals surface area contributed by atoms with Crippen molar-refractivity contribution in [3.05, 3.63) is 10.4 Å². The molecule has 1 aliphatic heterocycles. The third-order valence-corrected chi connectivity index (χ3v) is 5.73. The Labute approximate surface area is 168 Å². The molecule has 142 valence electrons. The number of rotatable bonds is 9. The highest BCUT2D eigenvalue weighted by molar-refractivity contribution is 9.09. The molecule has 5 atom stereocenters. The number of nitriles is 1. The lowest BCUT2D eigenvalue weighted by Gasteiger charge is -2.49. The van der Waals surface area contributed by atoms with Gasteiger partial charge < -0.3 is 4.74 Å². The number of hydrogen-bond acceptors (Lipinski definition) is 3. The van der Waals surface area contributed by atoms with Crippen molar-refractivity contribution in [1.29, 1.82) is 5.26 Å². The summed E-state index contributed by atoms with van der Waals surface area (Å²) in [6.45, 7) is -0.00164. The average molecular weight is 483 g/mol. The molecule has 1 rings (SSSR count). The summed E-state index contributed by atoms with van der Waals surface area (Å²) in [5.74, 6) is -5.54. The van der Waals surface area contributed by atoms with E-state index in [1.807, 2.05) is 6.07 Å². The fourth-order valence-electron chi connectivity index (χ4n) is 3.51. The molecule has 0 bridgehead atoms. The van der Waals surface area contributed by atoms with Crippen LogP contribution in [-0.4, -0.2) is 40.7 Å². The Hall–Kier alpha value is -0.0300. The van der Waals surface area contributed by atoms with Crippen LogP contribution >= 0.6 is 50.7 Å². The summed E-state index contributed by atoms with van der Waals surface area (Å²) in [6, 6.07) is 1.87. The maximum Gasteiger partial charge on any atom is 0.283 e. The summed E-state index contributed by atoms with van der Waals surface area (Å²) in [6.07, 6.45) is -1.07. The van der Waals surface area contributed by atoms with E-state index in [0.717, 1.165) is 0 Å². The highest BCUT2D eigenvalue weighted by Crippen LogP contribution is 2.50. The lowest BCUT2D eigenvalue weighted by Crippen LogP contribution is -2.56. The van der Waals surface area contributed by atoms with E-state index in [9.17, 15) is 8.78 Å². The number of alkyl halides is 6. The molecule has 0 radical (unpaired) electrons. The van der Waals surface area contributed by atoms with Crippen LogP contribution in [0.3, 0.4) is 0 Å². The van der Waals surface area contributed by atoms with E-state index in [1.165, 1.54) is 0 Å². The highest BCUT2D eigenvalue weighted by atomic mass is 79.9. The quantitative estimate of drug-likeness (QED) is 0.183. The van der Waals surface area contributed by atoms with Crippen LogP contribution in [0.5, 0.6) is 0 Å². The van der Waals surface area contributed by atoms with Gasteiger partial charge in [0.15, 0.2) is 4.84 Å². The molecule has 1 saturated heterocycles. The number of halogens is 6. The van der Waals surface area contributed by atoms with Crippen LogP contribution in [0.2, 0.25) is 0 Å². The van der Waals surface area contributed by atoms with Crippen LogP contribution < -0.4 is 0 Å². The second-order valence-corrected chi connectivity index (χ2v) is 8.04. The zero-order chi connectivity index (χ0) is 19.0. The fourth-order valence-corrected chi connectivity index (χ4v) is 4.58. The minimum absolute atomic E-state index is 0.00164. The van der Waals surface area contributed by atoms with Gasteiger partial charge in [-0.15, -0.1) is 11.6 Å². The normalized spacial score (nSPS) is 29.9. The minimum Gasteiger partial charge on any atom is -0.373 e. The molecule has 0 aromatic rings. The number of hydrogen-bond donors (Lipinski definition) is 0. The predicted molar refractivity (Wildman–Crippen MR) is 97.6 cm³/mol. The van der Waals surface area contributed by atoms with E-state index < -0.39 is 34.8 Å². The second kappa shape index (κ2) is 11.0. The average Bonchev–Trinajstić information content (AvgIpc) is 2.55. The van der Waals surface area contributed by atoms with Crippen molar-refractivity contribution < 1.29 is 13.5 Å². The standard InChI is InChI=1S/C14H18BrCl3F2N4O/c15-4-1-8-9(2-5-16)12(14(19,20)13(17)18)10(3-6-21)25-11(8)7-23-24-22/h8-13H,1-5,7H2. The first-order valence-electron chi connectivity index (χ1n) is 7.66. The Balaban J connectivity index is 3.33. The van der Waals surface area contributed by atoms with Gasteiger partial charge in [0.1, 0.15) is 0 Å². The molecule has 25 heavy (non-hydrogen) atoms. The highest BCUT2D eigenvalue weighted by Gasteiger charge is 2.57. The van der Waals surface area contributed by atoms with Gasteiger partial charge in [-0.05, 0) is 30.2 Å². The third-order valence-electron chi connectivity index (χ3n) is 4.48.